The van der Waals surface area contributed by atoms with Crippen molar-refractivity contribution < 1.29 is 13.2 Å². The van der Waals surface area contributed by atoms with Gasteiger partial charge < -0.3 is 11.1 Å². The van der Waals surface area contributed by atoms with Crippen LogP contribution < -0.4 is 11.1 Å². The Balaban J connectivity index is 1.65. The van der Waals surface area contributed by atoms with Gasteiger partial charge in [0.15, 0.2) is 5.13 Å². The van der Waals surface area contributed by atoms with Crippen molar-refractivity contribution >= 4 is 22.3 Å². The molecule has 2 aromatic heterocycles. The summed E-state index contributed by atoms with van der Waals surface area (Å²) in [7, 11) is 0. The summed E-state index contributed by atoms with van der Waals surface area (Å²) in [6, 6.07) is 2.21. The van der Waals surface area contributed by atoms with Crippen LogP contribution in [-0.2, 0) is 6.18 Å². The molecule has 2 heterocycles. The molecule has 0 saturated heterocycles. The molecule has 0 amide bonds. The minimum Gasteiger partial charge on any atom is -0.322 e. The van der Waals surface area contributed by atoms with Crippen LogP contribution in [0.5, 0.6) is 0 Å². The Morgan fingerprint density at radius 2 is 1.96 bits per heavy atom. The molecule has 1 aliphatic rings. The maximum Gasteiger partial charge on any atom is 0.417 e. The quantitative estimate of drug-likeness (QED) is 0.819. The van der Waals surface area contributed by atoms with Crippen molar-refractivity contribution in [2.24, 2.45) is 11.7 Å². The maximum absolute atomic E-state index is 12.5. The minimum absolute atomic E-state index is 0.0855. The number of halogens is 3. The second-order valence-electron chi connectivity index (χ2n) is 6.06. The molecule has 130 valence electrons. The van der Waals surface area contributed by atoms with Gasteiger partial charge in [-0.05, 0) is 30.9 Å². The van der Waals surface area contributed by atoms with Crippen molar-refractivity contribution in [1.82, 2.24) is 9.97 Å². The SMILES string of the molecule is NC(c1csc(Nc2ccc(C(F)(F)F)cn2)n1)C1CCCCC1. The number of nitrogens with zero attached hydrogens (tertiary/aromatic N) is 2. The van der Waals surface area contributed by atoms with E-state index in [-0.39, 0.29) is 6.04 Å². The first-order valence-corrected chi connectivity index (χ1v) is 8.83. The summed E-state index contributed by atoms with van der Waals surface area (Å²) in [5.41, 5.74) is 6.38. The minimum atomic E-state index is -4.38. The van der Waals surface area contributed by atoms with Crippen LogP contribution >= 0.6 is 11.3 Å². The van der Waals surface area contributed by atoms with Gasteiger partial charge in [0.25, 0.3) is 0 Å². The Morgan fingerprint density at radius 3 is 2.58 bits per heavy atom. The summed E-state index contributed by atoms with van der Waals surface area (Å²) in [5.74, 6) is 0.785. The monoisotopic (exact) mass is 356 g/mol. The Bertz CT molecular complexity index is 663. The molecular weight excluding hydrogens is 337 g/mol. The smallest absolute Gasteiger partial charge is 0.322 e. The molecule has 1 fully saturated rings. The maximum atomic E-state index is 12.5. The molecule has 2 aromatic rings. The number of hydrogen-bond donors (Lipinski definition) is 2. The number of anilines is 2. The van der Waals surface area contributed by atoms with E-state index in [0.717, 1.165) is 30.8 Å². The second-order valence-corrected chi connectivity index (χ2v) is 6.91. The van der Waals surface area contributed by atoms with Gasteiger partial charge >= 0.3 is 6.18 Å². The predicted molar refractivity (Wildman–Crippen MR) is 88.1 cm³/mol. The molecule has 1 saturated carbocycles. The van der Waals surface area contributed by atoms with Gasteiger partial charge in [-0.3, -0.25) is 0 Å². The predicted octanol–water partition coefficient (Wildman–Crippen LogP) is 4.88. The van der Waals surface area contributed by atoms with E-state index in [4.69, 9.17) is 5.73 Å². The number of nitrogens with one attached hydrogen (secondary N) is 1. The average molecular weight is 356 g/mol. The third kappa shape index (κ3) is 4.05. The van der Waals surface area contributed by atoms with E-state index in [1.165, 1.54) is 36.7 Å². The number of thiazole rings is 1. The van der Waals surface area contributed by atoms with Crippen molar-refractivity contribution in [2.75, 3.05) is 5.32 Å². The summed E-state index contributed by atoms with van der Waals surface area (Å²) in [6.07, 6.45) is 2.37. The van der Waals surface area contributed by atoms with Crippen LogP contribution in [0, 0.1) is 5.92 Å². The normalized spacial score (nSPS) is 17.7. The molecule has 1 atom stereocenters. The summed E-state index contributed by atoms with van der Waals surface area (Å²) in [4.78, 5) is 8.26. The van der Waals surface area contributed by atoms with Gasteiger partial charge in [-0.2, -0.15) is 13.2 Å². The van der Waals surface area contributed by atoms with Crippen LogP contribution in [0.1, 0.15) is 49.4 Å². The largest absolute Gasteiger partial charge is 0.417 e. The van der Waals surface area contributed by atoms with Crippen LogP contribution in [0.2, 0.25) is 0 Å². The Hall–Kier alpha value is -1.67. The number of pyridine rings is 1. The zero-order valence-electron chi connectivity index (χ0n) is 13.0. The van der Waals surface area contributed by atoms with Crippen LogP contribution in [0.25, 0.3) is 0 Å². The van der Waals surface area contributed by atoms with Gasteiger partial charge in [0.2, 0.25) is 0 Å². The van der Waals surface area contributed by atoms with Crippen molar-refractivity contribution in [3.05, 3.63) is 35.0 Å². The van der Waals surface area contributed by atoms with E-state index >= 15 is 0 Å². The molecule has 3 rings (SSSR count). The zero-order chi connectivity index (χ0) is 17.2. The first-order valence-electron chi connectivity index (χ1n) is 7.95. The molecule has 24 heavy (non-hydrogen) atoms. The summed E-state index contributed by atoms with van der Waals surface area (Å²) >= 11 is 1.38. The molecule has 0 bridgehead atoms. The van der Waals surface area contributed by atoms with Crippen molar-refractivity contribution in [3.8, 4) is 0 Å². The summed E-state index contributed by atoms with van der Waals surface area (Å²) in [6.45, 7) is 0. The Morgan fingerprint density at radius 1 is 1.21 bits per heavy atom. The second kappa shape index (κ2) is 7.06. The topological polar surface area (TPSA) is 63.8 Å². The van der Waals surface area contributed by atoms with Gasteiger partial charge in [-0.25, -0.2) is 9.97 Å². The lowest BCUT2D eigenvalue weighted by molar-refractivity contribution is -0.137. The summed E-state index contributed by atoms with van der Waals surface area (Å²) < 4.78 is 37.6. The highest BCUT2D eigenvalue weighted by molar-refractivity contribution is 7.13. The molecule has 1 aliphatic carbocycles. The standard InChI is InChI=1S/C16H19F3N4S/c17-16(18,19)11-6-7-13(21-8-11)23-15-22-12(9-24-15)14(20)10-4-2-1-3-5-10/h6-10,14H,1-5,20H2,(H,21,22,23). The van der Waals surface area contributed by atoms with E-state index in [1.807, 2.05) is 5.38 Å². The van der Waals surface area contributed by atoms with E-state index < -0.39 is 11.7 Å². The number of rotatable bonds is 4. The fourth-order valence-electron chi connectivity index (χ4n) is 2.98. The number of alkyl halides is 3. The Labute approximate surface area is 142 Å². The van der Waals surface area contributed by atoms with Gasteiger partial charge in [-0.15, -0.1) is 11.3 Å². The summed E-state index contributed by atoms with van der Waals surface area (Å²) in [5, 5.41) is 5.43. The molecular formula is C16H19F3N4S. The first kappa shape index (κ1) is 17.2. The number of nitrogens with two attached hydrogens (primary N) is 1. The number of hydrogen-bond acceptors (Lipinski definition) is 5. The van der Waals surface area contributed by atoms with Crippen molar-refractivity contribution in [3.63, 3.8) is 0 Å². The molecule has 1 unspecified atom stereocenters. The first-order chi connectivity index (χ1) is 11.4. The molecule has 0 radical (unpaired) electrons. The molecule has 0 aromatic carbocycles. The van der Waals surface area contributed by atoms with Gasteiger partial charge in [-0.1, -0.05) is 19.3 Å². The van der Waals surface area contributed by atoms with E-state index in [0.29, 0.717) is 16.9 Å². The third-order valence-corrected chi connectivity index (χ3v) is 5.12. The molecule has 3 N–H and O–H groups in total. The van der Waals surface area contributed by atoms with Crippen LogP contribution in [-0.4, -0.2) is 9.97 Å². The fourth-order valence-corrected chi connectivity index (χ4v) is 3.74. The lowest BCUT2D eigenvalue weighted by atomic mass is 9.83. The van der Waals surface area contributed by atoms with Crippen molar-refractivity contribution in [2.45, 2.75) is 44.3 Å². The van der Waals surface area contributed by atoms with Crippen LogP contribution in [0.3, 0.4) is 0 Å². The van der Waals surface area contributed by atoms with Crippen LogP contribution in [0.15, 0.2) is 23.7 Å². The van der Waals surface area contributed by atoms with Gasteiger partial charge in [0.1, 0.15) is 5.82 Å². The highest BCUT2D eigenvalue weighted by Crippen LogP contribution is 2.34. The van der Waals surface area contributed by atoms with Crippen LogP contribution in [0.4, 0.5) is 24.1 Å². The number of aromatic nitrogens is 2. The van der Waals surface area contributed by atoms with Gasteiger partial charge in [0, 0.05) is 11.6 Å². The van der Waals surface area contributed by atoms with E-state index in [9.17, 15) is 13.2 Å². The highest BCUT2D eigenvalue weighted by Gasteiger charge is 2.30. The molecule has 0 spiro atoms. The van der Waals surface area contributed by atoms with Crippen molar-refractivity contribution in [1.29, 1.82) is 0 Å². The molecule has 8 heteroatoms. The molecule has 4 nitrogen and oxygen atoms in total. The lowest BCUT2D eigenvalue weighted by Crippen LogP contribution is -2.23. The third-order valence-electron chi connectivity index (χ3n) is 4.35. The fraction of sp³-hybridized carbons (Fsp3) is 0.500. The zero-order valence-corrected chi connectivity index (χ0v) is 13.8. The molecule has 0 aliphatic heterocycles. The highest BCUT2D eigenvalue weighted by atomic mass is 32.1. The van der Waals surface area contributed by atoms with Gasteiger partial charge in [0.05, 0.1) is 17.3 Å². The van der Waals surface area contributed by atoms with E-state index in [1.54, 1.807) is 0 Å². The average Bonchev–Trinajstić information content (AvgIpc) is 3.03. The Kier molecular flexibility index (Phi) is 5.05. The van der Waals surface area contributed by atoms with E-state index in [2.05, 4.69) is 15.3 Å². The lowest BCUT2D eigenvalue weighted by Gasteiger charge is -2.26.